The highest BCUT2D eigenvalue weighted by molar-refractivity contribution is 9.10. The molecule has 0 spiro atoms. The van der Waals surface area contributed by atoms with Gasteiger partial charge in [-0.05, 0) is 59.9 Å². The number of hydrogen-bond donors (Lipinski definition) is 1. The van der Waals surface area contributed by atoms with E-state index in [2.05, 4.69) is 88.5 Å². The van der Waals surface area contributed by atoms with Crippen LogP contribution in [0.4, 0.5) is 11.4 Å². The summed E-state index contributed by atoms with van der Waals surface area (Å²) >= 11 is 3.53. The Morgan fingerprint density at radius 2 is 1.94 bits per heavy atom. The van der Waals surface area contributed by atoms with Gasteiger partial charge >= 0.3 is 0 Å². The Labute approximate surface area is 197 Å². The molecule has 0 saturated carbocycles. The second-order valence-corrected chi connectivity index (χ2v) is 9.11. The first-order valence-electron chi connectivity index (χ1n) is 10.9. The van der Waals surface area contributed by atoms with E-state index in [0.717, 1.165) is 27.9 Å². The highest BCUT2D eigenvalue weighted by atomic mass is 79.9. The molecule has 0 bridgehead atoms. The normalized spacial score (nSPS) is 21.1. The van der Waals surface area contributed by atoms with Crippen molar-refractivity contribution in [2.24, 2.45) is 10.9 Å². The third kappa shape index (κ3) is 4.15. The van der Waals surface area contributed by atoms with Crippen LogP contribution in [0.1, 0.15) is 35.1 Å². The molecule has 5 rings (SSSR count). The van der Waals surface area contributed by atoms with E-state index in [1.165, 1.54) is 16.8 Å². The quantitative estimate of drug-likeness (QED) is 0.288. The second-order valence-electron chi connectivity index (χ2n) is 8.19. The minimum absolute atomic E-state index is 0.298. The molecular formula is C28H25BrN2O. The summed E-state index contributed by atoms with van der Waals surface area (Å²) in [5.41, 5.74) is 5.80. The predicted molar refractivity (Wildman–Crippen MR) is 136 cm³/mol. The lowest BCUT2D eigenvalue weighted by Gasteiger charge is -2.37. The van der Waals surface area contributed by atoms with E-state index in [1.54, 1.807) is 6.08 Å². The van der Waals surface area contributed by atoms with E-state index in [9.17, 15) is 0 Å². The molecule has 0 fully saturated rings. The molecule has 0 amide bonds. The van der Waals surface area contributed by atoms with Gasteiger partial charge in [0.05, 0.1) is 11.7 Å². The number of nitrogens with zero attached hydrogens (tertiary/aromatic N) is 1. The van der Waals surface area contributed by atoms with Gasteiger partial charge in [0, 0.05) is 27.9 Å². The lowest BCUT2D eigenvalue weighted by atomic mass is 9.77. The predicted octanol–water partition coefficient (Wildman–Crippen LogP) is 7.59. The van der Waals surface area contributed by atoms with Crippen LogP contribution in [-0.2, 0) is 0 Å². The SMILES string of the molecule is C=CCOc1ccc(Br)cc1C=Nc1ccc([C@@H]2Nc3ccccc3[C@@H]3C=CC[C@@H]32)cc1. The maximum absolute atomic E-state index is 5.75. The van der Waals surface area contributed by atoms with Crippen LogP contribution in [0.3, 0.4) is 0 Å². The topological polar surface area (TPSA) is 33.6 Å². The van der Waals surface area contributed by atoms with Gasteiger partial charge in [0.15, 0.2) is 0 Å². The monoisotopic (exact) mass is 484 g/mol. The molecule has 1 N–H and O–H groups in total. The Morgan fingerprint density at radius 3 is 2.78 bits per heavy atom. The number of para-hydroxylation sites is 1. The summed E-state index contributed by atoms with van der Waals surface area (Å²) in [5, 5.41) is 3.79. The van der Waals surface area contributed by atoms with Crippen molar-refractivity contribution in [1.29, 1.82) is 0 Å². The maximum Gasteiger partial charge on any atom is 0.128 e. The van der Waals surface area contributed by atoms with Gasteiger partial charge in [-0.2, -0.15) is 0 Å². The van der Waals surface area contributed by atoms with Gasteiger partial charge in [-0.15, -0.1) is 0 Å². The lowest BCUT2D eigenvalue weighted by Crippen LogP contribution is -2.28. The van der Waals surface area contributed by atoms with Crippen LogP contribution < -0.4 is 10.1 Å². The zero-order valence-electron chi connectivity index (χ0n) is 17.7. The van der Waals surface area contributed by atoms with Crippen LogP contribution in [0.15, 0.2) is 101 Å². The molecular weight excluding hydrogens is 460 g/mol. The first-order valence-corrected chi connectivity index (χ1v) is 11.7. The molecule has 3 nitrogen and oxygen atoms in total. The van der Waals surface area contributed by atoms with Crippen LogP contribution in [0.25, 0.3) is 0 Å². The first-order chi connectivity index (χ1) is 15.7. The Kier molecular flexibility index (Phi) is 5.95. The van der Waals surface area contributed by atoms with Crippen LogP contribution in [-0.4, -0.2) is 12.8 Å². The van der Waals surface area contributed by atoms with Crippen molar-refractivity contribution in [2.45, 2.75) is 18.4 Å². The van der Waals surface area contributed by atoms with Gasteiger partial charge < -0.3 is 10.1 Å². The van der Waals surface area contributed by atoms with Gasteiger partial charge in [0.25, 0.3) is 0 Å². The van der Waals surface area contributed by atoms with Crippen molar-refractivity contribution >= 4 is 33.5 Å². The number of anilines is 1. The first kappa shape index (κ1) is 20.8. The molecule has 0 aromatic heterocycles. The van der Waals surface area contributed by atoms with Crippen molar-refractivity contribution in [3.63, 3.8) is 0 Å². The zero-order chi connectivity index (χ0) is 21.9. The van der Waals surface area contributed by atoms with Crippen molar-refractivity contribution in [3.8, 4) is 5.75 Å². The molecule has 1 aliphatic carbocycles. The number of benzene rings is 3. The van der Waals surface area contributed by atoms with Crippen molar-refractivity contribution in [3.05, 3.63) is 113 Å². The minimum atomic E-state index is 0.298. The largest absolute Gasteiger partial charge is 0.489 e. The third-order valence-electron chi connectivity index (χ3n) is 6.21. The molecule has 2 aliphatic rings. The summed E-state index contributed by atoms with van der Waals surface area (Å²) in [6.07, 6.45) is 9.40. The molecule has 0 radical (unpaired) electrons. The van der Waals surface area contributed by atoms with Crippen molar-refractivity contribution in [1.82, 2.24) is 0 Å². The number of nitrogens with one attached hydrogen (secondary N) is 1. The van der Waals surface area contributed by atoms with Crippen molar-refractivity contribution in [2.75, 3.05) is 11.9 Å². The van der Waals surface area contributed by atoms with E-state index in [0.29, 0.717) is 24.5 Å². The van der Waals surface area contributed by atoms with E-state index in [-0.39, 0.29) is 0 Å². The number of hydrogen-bond acceptors (Lipinski definition) is 3. The minimum Gasteiger partial charge on any atom is -0.489 e. The number of aliphatic imine (C=N–C) groups is 1. The molecule has 160 valence electrons. The highest BCUT2D eigenvalue weighted by Gasteiger charge is 2.37. The third-order valence-corrected chi connectivity index (χ3v) is 6.70. The Bertz CT molecular complexity index is 1180. The molecule has 3 aromatic carbocycles. The summed E-state index contributed by atoms with van der Waals surface area (Å²) in [5.74, 6) is 1.82. The molecule has 32 heavy (non-hydrogen) atoms. The van der Waals surface area contributed by atoms with E-state index >= 15 is 0 Å². The fraction of sp³-hybridized carbons (Fsp3) is 0.179. The van der Waals surface area contributed by atoms with Crippen LogP contribution >= 0.6 is 15.9 Å². The smallest absolute Gasteiger partial charge is 0.128 e. The molecule has 4 heteroatoms. The summed E-state index contributed by atoms with van der Waals surface area (Å²) in [6, 6.07) is 23.5. The lowest BCUT2D eigenvalue weighted by molar-refractivity contribution is 0.362. The van der Waals surface area contributed by atoms with Gasteiger partial charge in [-0.25, -0.2) is 0 Å². The van der Waals surface area contributed by atoms with Crippen LogP contribution in [0.2, 0.25) is 0 Å². The summed E-state index contributed by atoms with van der Waals surface area (Å²) in [7, 11) is 0. The van der Waals surface area contributed by atoms with Gasteiger partial charge in [0.1, 0.15) is 12.4 Å². The molecule has 1 aliphatic heterocycles. The average Bonchev–Trinajstić information content (AvgIpc) is 3.32. The van der Waals surface area contributed by atoms with E-state index in [1.807, 2.05) is 24.4 Å². The summed E-state index contributed by atoms with van der Waals surface area (Å²) < 4.78 is 6.74. The Morgan fingerprint density at radius 1 is 1.09 bits per heavy atom. The summed E-state index contributed by atoms with van der Waals surface area (Å²) in [6.45, 7) is 4.18. The molecule has 1 heterocycles. The zero-order valence-corrected chi connectivity index (χ0v) is 19.3. The number of ether oxygens (including phenoxy) is 1. The van der Waals surface area contributed by atoms with Gasteiger partial charge in [-0.3, -0.25) is 4.99 Å². The van der Waals surface area contributed by atoms with Gasteiger partial charge in [0.2, 0.25) is 0 Å². The molecule has 3 atom stereocenters. The Hall–Kier alpha value is -3.11. The molecule has 0 saturated heterocycles. The molecule has 3 aromatic rings. The standard InChI is InChI=1S/C28H25BrN2O/c1-2-16-32-27-15-12-21(29)17-20(27)18-30-22-13-10-19(11-14-22)28-25-8-5-7-23(25)24-6-3-4-9-26(24)31-28/h2-7,9-15,17-18,23,25,28,31H,1,8,16H2/t23-,25-,28-/m0/s1. The van der Waals surface area contributed by atoms with Crippen LogP contribution in [0.5, 0.6) is 5.75 Å². The van der Waals surface area contributed by atoms with Crippen molar-refractivity contribution < 1.29 is 4.74 Å². The number of allylic oxidation sites excluding steroid dienone is 2. The number of fused-ring (bicyclic) bond motifs is 3. The highest BCUT2D eigenvalue weighted by Crippen LogP contribution is 2.49. The average molecular weight is 485 g/mol. The number of rotatable bonds is 6. The fourth-order valence-corrected chi connectivity index (χ4v) is 5.06. The maximum atomic E-state index is 5.75. The fourth-order valence-electron chi connectivity index (χ4n) is 4.69. The molecule has 0 unspecified atom stereocenters. The summed E-state index contributed by atoms with van der Waals surface area (Å²) in [4.78, 5) is 4.69. The van der Waals surface area contributed by atoms with E-state index < -0.39 is 0 Å². The Balaban J connectivity index is 1.37. The number of halogens is 1. The van der Waals surface area contributed by atoms with Gasteiger partial charge in [-0.1, -0.05) is 71.1 Å². The second kappa shape index (κ2) is 9.17. The van der Waals surface area contributed by atoms with Crippen LogP contribution in [0, 0.1) is 5.92 Å². The van der Waals surface area contributed by atoms with E-state index in [4.69, 9.17) is 9.73 Å².